The Bertz CT molecular complexity index is 1470. The molecule has 2 amide bonds. The summed E-state index contributed by atoms with van der Waals surface area (Å²) in [4.78, 5) is 44.4. The molecule has 1 atom stereocenters. The minimum Gasteiger partial charge on any atom is -0.474 e. The third-order valence-corrected chi connectivity index (χ3v) is 8.39. The average Bonchev–Trinajstić information content (AvgIpc) is 3.56. The highest BCUT2D eigenvalue weighted by molar-refractivity contribution is 5.98. The number of aliphatic hydroxyl groups is 1. The fourth-order valence-electron chi connectivity index (χ4n) is 6.03. The second-order valence-electron chi connectivity index (χ2n) is 11.0. The van der Waals surface area contributed by atoms with Crippen molar-refractivity contribution in [3.05, 3.63) is 42.7 Å². The smallest absolute Gasteiger partial charge is 0.238 e. The second kappa shape index (κ2) is 10.6. The van der Waals surface area contributed by atoms with Crippen LogP contribution in [0.5, 0.6) is 5.88 Å². The van der Waals surface area contributed by atoms with Gasteiger partial charge in [0.05, 0.1) is 24.0 Å². The van der Waals surface area contributed by atoms with E-state index in [-0.39, 0.29) is 37.4 Å². The molecule has 0 radical (unpaired) electrons. The van der Waals surface area contributed by atoms with Crippen molar-refractivity contribution in [1.29, 1.82) is 0 Å². The lowest BCUT2D eigenvalue weighted by Gasteiger charge is -2.39. The summed E-state index contributed by atoms with van der Waals surface area (Å²) in [6, 6.07) is 10.00. The molecule has 1 aromatic carbocycles. The summed E-state index contributed by atoms with van der Waals surface area (Å²) in [7, 11) is 1.99. The van der Waals surface area contributed by atoms with E-state index in [9.17, 15) is 14.7 Å². The number of rotatable bonds is 6. The third kappa shape index (κ3) is 4.84. The van der Waals surface area contributed by atoms with Crippen molar-refractivity contribution < 1.29 is 19.4 Å². The van der Waals surface area contributed by atoms with E-state index in [1.165, 1.54) is 0 Å². The molecule has 2 saturated heterocycles. The van der Waals surface area contributed by atoms with Crippen molar-refractivity contribution in [2.45, 2.75) is 64.1 Å². The van der Waals surface area contributed by atoms with Gasteiger partial charge in [-0.3, -0.25) is 9.59 Å². The van der Waals surface area contributed by atoms with Gasteiger partial charge in [-0.15, -0.1) is 0 Å². The summed E-state index contributed by atoms with van der Waals surface area (Å²) in [5, 5.41) is 13.2. The Morgan fingerprint density at radius 3 is 2.61 bits per heavy atom. The highest BCUT2D eigenvalue weighted by Gasteiger charge is 2.38. The summed E-state index contributed by atoms with van der Waals surface area (Å²) in [6.07, 6.45) is 7.27. The highest BCUT2D eigenvalue weighted by atomic mass is 16.5. The van der Waals surface area contributed by atoms with E-state index in [1.54, 1.807) is 17.3 Å². The fraction of sp³-hybridized carbons (Fsp3) is 0.433. The molecule has 3 aromatic rings. The first-order chi connectivity index (χ1) is 19.4. The van der Waals surface area contributed by atoms with Gasteiger partial charge in [-0.05, 0) is 49.4 Å². The van der Waals surface area contributed by atoms with Crippen molar-refractivity contribution in [2.75, 3.05) is 40.2 Å². The number of hydrogen-bond acceptors (Lipinski definition) is 9. The van der Waals surface area contributed by atoms with E-state index < -0.39 is 0 Å². The summed E-state index contributed by atoms with van der Waals surface area (Å²) >= 11 is 0. The SMILES string of the molecule is C.CN(c1nc(Nc2cnc3c(c2)N2C(=O)CC[C@H]2CO3)ncc1-c1ccc(N2CCCC2=O)cc1)C1CC(O)C1. The Kier molecular flexibility index (Phi) is 6.98. The Morgan fingerprint density at radius 2 is 1.88 bits per heavy atom. The second-order valence-corrected chi connectivity index (χ2v) is 11.0. The zero-order valence-electron chi connectivity index (χ0n) is 22.3. The predicted octanol–water partition coefficient (Wildman–Crippen LogP) is 3.89. The van der Waals surface area contributed by atoms with Crippen molar-refractivity contribution >= 4 is 40.6 Å². The number of pyridine rings is 1. The van der Waals surface area contributed by atoms with Crippen molar-refractivity contribution in [3.8, 4) is 17.0 Å². The quantitative estimate of drug-likeness (QED) is 0.464. The summed E-state index contributed by atoms with van der Waals surface area (Å²) in [5.41, 5.74) is 4.01. The molecule has 0 spiro atoms. The van der Waals surface area contributed by atoms with Crippen LogP contribution in [0.1, 0.15) is 46.0 Å². The minimum atomic E-state index is -0.298. The van der Waals surface area contributed by atoms with Crippen molar-refractivity contribution in [2.24, 2.45) is 0 Å². The molecule has 1 saturated carbocycles. The molecule has 3 fully saturated rings. The number of carbonyl (C=O) groups excluding carboxylic acids is 2. The van der Waals surface area contributed by atoms with Gasteiger partial charge in [0.2, 0.25) is 23.6 Å². The number of amides is 2. The number of aliphatic hydroxyl groups excluding tert-OH is 1. The number of hydrogen-bond donors (Lipinski definition) is 2. The number of carbonyl (C=O) groups is 2. The van der Waals surface area contributed by atoms with Crippen LogP contribution in [-0.2, 0) is 9.59 Å². The molecule has 214 valence electrons. The molecule has 7 rings (SSSR count). The molecular formula is C30H35N7O4. The lowest BCUT2D eigenvalue weighted by atomic mass is 9.88. The van der Waals surface area contributed by atoms with Crippen LogP contribution < -0.4 is 24.8 Å². The molecule has 0 bridgehead atoms. The third-order valence-electron chi connectivity index (χ3n) is 8.39. The molecule has 5 heterocycles. The van der Waals surface area contributed by atoms with E-state index >= 15 is 0 Å². The van der Waals surface area contributed by atoms with Gasteiger partial charge >= 0.3 is 0 Å². The number of benzene rings is 1. The summed E-state index contributed by atoms with van der Waals surface area (Å²) < 4.78 is 5.79. The van der Waals surface area contributed by atoms with Crippen LogP contribution in [-0.4, -0.2) is 70.3 Å². The van der Waals surface area contributed by atoms with Crippen LogP contribution in [0.4, 0.5) is 28.8 Å². The number of anilines is 5. The van der Waals surface area contributed by atoms with Gasteiger partial charge < -0.3 is 29.9 Å². The molecule has 11 nitrogen and oxygen atoms in total. The largest absolute Gasteiger partial charge is 0.474 e. The molecule has 4 aliphatic rings. The molecule has 2 N–H and O–H groups in total. The fourth-order valence-corrected chi connectivity index (χ4v) is 6.03. The van der Waals surface area contributed by atoms with E-state index in [0.29, 0.717) is 55.5 Å². The van der Waals surface area contributed by atoms with Gasteiger partial charge in [0, 0.05) is 49.9 Å². The maximum Gasteiger partial charge on any atom is 0.238 e. The maximum atomic E-state index is 12.5. The van der Waals surface area contributed by atoms with Gasteiger partial charge in [0.25, 0.3) is 0 Å². The van der Waals surface area contributed by atoms with Crippen molar-refractivity contribution in [3.63, 3.8) is 0 Å². The van der Waals surface area contributed by atoms with Gasteiger partial charge in [-0.2, -0.15) is 4.98 Å². The number of nitrogens with one attached hydrogen (secondary N) is 1. The number of aromatic nitrogens is 3. The van der Waals surface area contributed by atoms with Gasteiger partial charge in [-0.25, -0.2) is 9.97 Å². The average molecular weight is 558 g/mol. The topological polar surface area (TPSA) is 124 Å². The normalized spacial score (nSPS) is 22.8. The monoisotopic (exact) mass is 557 g/mol. The van der Waals surface area contributed by atoms with Gasteiger partial charge in [0.1, 0.15) is 18.1 Å². The van der Waals surface area contributed by atoms with Crippen LogP contribution >= 0.6 is 0 Å². The first kappa shape index (κ1) is 26.9. The summed E-state index contributed by atoms with van der Waals surface area (Å²) in [5.74, 6) is 1.83. The Balaban J connectivity index is 0.00000302. The van der Waals surface area contributed by atoms with E-state index in [1.807, 2.05) is 42.3 Å². The predicted molar refractivity (Wildman–Crippen MR) is 157 cm³/mol. The molecule has 2 aromatic heterocycles. The number of fused-ring (bicyclic) bond motifs is 3. The van der Waals surface area contributed by atoms with E-state index in [4.69, 9.17) is 9.72 Å². The Morgan fingerprint density at radius 1 is 1.07 bits per heavy atom. The molecule has 0 unspecified atom stereocenters. The molecular weight excluding hydrogens is 522 g/mol. The first-order valence-electron chi connectivity index (χ1n) is 13.9. The van der Waals surface area contributed by atoms with Crippen LogP contribution in [0.3, 0.4) is 0 Å². The molecule has 11 heteroatoms. The number of ether oxygens (including phenoxy) is 1. The zero-order chi connectivity index (χ0) is 27.4. The lowest BCUT2D eigenvalue weighted by Crippen LogP contribution is -2.45. The van der Waals surface area contributed by atoms with E-state index in [2.05, 4.69) is 20.2 Å². The van der Waals surface area contributed by atoms with Crippen LogP contribution in [0.25, 0.3) is 11.1 Å². The Labute approximate surface area is 239 Å². The van der Waals surface area contributed by atoms with Crippen molar-refractivity contribution in [1.82, 2.24) is 15.0 Å². The molecule has 41 heavy (non-hydrogen) atoms. The molecule has 3 aliphatic heterocycles. The van der Waals surface area contributed by atoms with Gasteiger partial charge in [0.15, 0.2) is 0 Å². The van der Waals surface area contributed by atoms with Crippen LogP contribution in [0.15, 0.2) is 42.7 Å². The van der Waals surface area contributed by atoms with Crippen LogP contribution in [0.2, 0.25) is 0 Å². The maximum absolute atomic E-state index is 12.5. The van der Waals surface area contributed by atoms with E-state index in [0.717, 1.165) is 42.0 Å². The first-order valence-corrected chi connectivity index (χ1v) is 13.9. The summed E-state index contributed by atoms with van der Waals surface area (Å²) in [6.45, 7) is 1.21. The zero-order valence-corrected chi connectivity index (χ0v) is 22.3. The Hall–Kier alpha value is -4.25. The van der Waals surface area contributed by atoms with Crippen LogP contribution in [0, 0.1) is 0 Å². The molecule has 1 aliphatic carbocycles. The van der Waals surface area contributed by atoms with Gasteiger partial charge in [-0.1, -0.05) is 19.6 Å². The number of nitrogens with zero attached hydrogens (tertiary/aromatic N) is 6. The highest BCUT2D eigenvalue weighted by Crippen LogP contribution is 2.40. The lowest BCUT2D eigenvalue weighted by molar-refractivity contribution is -0.118. The standard InChI is InChI=1S/C29H31N7O4.CH4/c1-34(21-12-22(37)13-21)27-23(17-4-6-19(7-5-17)35-10-2-3-25(35)38)15-31-29(33-27)32-18-11-24-28(30-14-18)40-16-20-8-9-26(39)36(20)24;/h4-7,11,14-15,20-22,37H,2-3,8-10,12-13,16H2,1H3,(H,31,32,33);1H4/t20-,21?,22?;/m0./s1. The minimum absolute atomic E-state index is 0.